The molecule has 0 atom stereocenters. The fourth-order valence-electron chi connectivity index (χ4n) is 2.21. The molecule has 19 heavy (non-hydrogen) atoms. The summed E-state index contributed by atoms with van der Waals surface area (Å²) in [5.74, 6) is 0.0557. The third-order valence-corrected chi connectivity index (χ3v) is 5.35. The Labute approximate surface area is 126 Å². The summed E-state index contributed by atoms with van der Waals surface area (Å²) >= 11 is 4.96. The maximum Gasteiger partial charge on any atom is 0.253 e. The monoisotopic (exact) mass is 338 g/mol. The van der Waals surface area contributed by atoms with Crippen LogP contribution in [-0.4, -0.2) is 34.9 Å². The Kier molecular flexibility index (Phi) is 4.54. The average Bonchev–Trinajstić information content (AvgIpc) is 2.47. The molecule has 3 nitrogen and oxygen atoms in total. The quantitative estimate of drug-likeness (QED) is 0.830. The predicted molar refractivity (Wildman–Crippen MR) is 81.1 cm³/mol. The molecule has 0 aliphatic carbocycles. The summed E-state index contributed by atoms with van der Waals surface area (Å²) in [4.78, 5) is 14.2. The van der Waals surface area contributed by atoms with E-state index in [1.165, 1.54) is 0 Å². The predicted octanol–water partition coefficient (Wildman–Crippen LogP) is 3.31. The van der Waals surface area contributed by atoms with Crippen LogP contribution >= 0.6 is 27.7 Å². The van der Waals surface area contributed by atoms with E-state index in [1.54, 1.807) is 11.8 Å². The highest BCUT2D eigenvalue weighted by Crippen LogP contribution is 2.34. The van der Waals surface area contributed by atoms with E-state index >= 15 is 0 Å². The standard InChI is InChI=1S/C14H15BrN2OS/c1-19-14(10-16)6-8-17(9-7-14)13(18)11-2-4-12(15)5-3-11/h2-5H,6-9H2,1H3. The molecule has 1 aromatic rings. The Hall–Kier alpha value is -0.990. The number of likely N-dealkylation sites (tertiary alicyclic amines) is 1. The third kappa shape index (κ3) is 3.13. The van der Waals surface area contributed by atoms with Gasteiger partial charge in [-0.3, -0.25) is 4.79 Å². The second kappa shape index (κ2) is 5.98. The molecule has 0 radical (unpaired) electrons. The van der Waals surface area contributed by atoms with Gasteiger partial charge in [-0.1, -0.05) is 15.9 Å². The molecule has 5 heteroatoms. The molecule has 0 unspecified atom stereocenters. The fraction of sp³-hybridized carbons (Fsp3) is 0.429. The second-order valence-corrected chi connectivity index (χ2v) is 6.71. The minimum Gasteiger partial charge on any atom is -0.338 e. The van der Waals surface area contributed by atoms with E-state index in [4.69, 9.17) is 0 Å². The third-order valence-electron chi connectivity index (χ3n) is 3.54. The molecule has 1 amide bonds. The van der Waals surface area contributed by atoms with Gasteiger partial charge in [-0.15, -0.1) is 11.8 Å². The van der Waals surface area contributed by atoms with Gasteiger partial charge in [-0.25, -0.2) is 0 Å². The lowest BCUT2D eigenvalue weighted by atomic mass is 9.96. The molecule has 1 aliphatic rings. The number of piperidine rings is 1. The number of hydrogen-bond acceptors (Lipinski definition) is 3. The van der Waals surface area contributed by atoms with Crippen LogP contribution in [0.5, 0.6) is 0 Å². The van der Waals surface area contributed by atoms with Gasteiger partial charge in [0, 0.05) is 23.1 Å². The van der Waals surface area contributed by atoms with Crippen molar-refractivity contribution in [2.24, 2.45) is 0 Å². The SMILES string of the molecule is CSC1(C#N)CCN(C(=O)c2ccc(Br)cc2)CC1. The maximum atomic E-state index is 12.3. The summed E-state index contributed by atoms with van der Waals surface area (Å²) < 4.78 is 0.657. The van der Waals surface area contributed by atoms with Gasteiger partial charge in [-0.2, -0.15) is 5.26 Å². The van der Waals surface area contributed by atoms with E-state index in [0.717, 1.165) is 17.3 Å². The van der Waals surface area contributed by atoms with Gasteiger partial charge in [0.15, 0.2) is 0 Å². The zero-order valence-corrected chi connectivity index (χ0v) is 13.1. The molecule has 1 aromatic carbocycles. The van der Waals surface area contributed by atoms with Gasteiger partial charge in [0.05, 0.1) is 6.07 Å². The average molecular weight is 339 g/mol. The number of nitrogens with zero attached hydrogens (tertiary/aromatic N) is 2. The van der Waals surface area contributed by atoms with E-state index in [9.17, 15) is 10.1 Å². The van der Waals surface area contributed by atoms with Crippen LogP contribution in [0.15, 0.2) is 28.7 Å². The van der Waals surface area contributed by atoms with E-state index in [-0.39, 0.29) is 10.7 Å². The lowest BCUT2D eigenvalue weighted by Gasteiger charge is -2.36. The summed E-state index contributed by atoms with van der Waals surface area (Å²) in [6, 6.07) is 9.79. The van der Waals surface area contributed by atoms with Crippen molar-refractivity contribution in [2.45, 2.75) is 17.6 Å². The molecule has 0 saturated carbocycles. The largest absolute Gasteiger partial charge is 0.338 e. The van der Waals surface area contributed by atoms with Gasteiger partial charge < -0.3 is 4.90 Å². The molecule has 0 N–H and O–H groups in total. The topological polar surface area (TPSA) is 44.1 Å². The Morgan fingerprint density at radius 1 is 1.37 bits per heavy atom. The summed E-state index contributed by atoms with van der Waals surface area (Å²) in [6.07, 6.45) is 3.45. The van der Waals surface area contributed by atoms with Gasteiger partial charge in [0.1, 0.15) is 4.75 Å². The first-order valence-electron chi connectivity index (χ1n) is 6.11. The number of hydrogen-bond donors (Lipinski definition) is 0. The normalized spacial score (nSPS) is 17.8. The van der Waals surface area contributed by atoms with Crippen LogP contribution < -0.4 is 0 Å². The van der Waals surface area contributed by atoms with Crippen LogP contribution in [0.3, 0.4) is 0 Å². The van der Waals surface area contributed by atoms with E-state index in [0.29, 0.717) is 18.7 Å². The Balaban J connectivity index is 2.04. The number of rotatable bonds is 2. The summed E-state index contributed by atoms with van der Waals surface area (Å²) in [7, 11) is 0. The highest BCUT2D eigenvalue weighted by atomic mass is 79.9. The highest BCUT2D eigenvalue weighted by Gasteiger charge is 2.35. The van der Waals surface area contributed by atoms with Crippen molar-refractivity contribution in [3.05, 3.63) is 34.3 Å². The molecule has 0 spiro atoms. The van der Waals surface area contributed by atoms with Crippen molar-refractivity contribution in [2.75, 3.05) is 19.3 Å². The first kappa shape index (κ1) is 14.4. The van der Waals surface area contributed by atoms with E-state index in [2.05, 4.69) is 22.0 Å². The highest BCUT2D eigenvalue weighted by molar-refractivity contribution is 9.10. The van der Waals surface area contributed by atoms with Gasteiger partial charge in [0.25, 0.3) is 5.91 Å². The van der Waals surface area contributed by atoms with E-state index < -0.39 is 0 Å². The zero-order chi connectivity index (χ0) is 13.9. The number of benzene rings is 1. The summed E-state index contributed by atoms with van der Waals surface area (Å²) in [6.45, 7) is 1.31. The smallest absolute Gasteiger partial charge is 0.253 e. The number of thioether (sulfide) groups is 1. The molecular formula is C14H15BrN2OS. The number of carbonyl (C=O) groups excluding carboxylic acids is 1. The number of amides is 1. The minimum atomic E-state index is -0.309. The second-order valence-electron chi connectivity index (χ2n) is 4.61. The van der Waals surface area contributed by atoms with Crippen molar-refractivity contribution in [3.8, 4) is 6.07 Å². The molecular weight excluding hydrogens is 324 g/mol. The lowest BCUT2D eigenvalue weighted by Crippen LogP contribution is -2.44. The maximum absolute atomic E-state index is 12.3. The van der Waals surface area contributed by atoms with Crippen LogP contribution in [0.1, 0.15) is 23.2 Å². The van der Waals surface area contributed by atoms with Crippen molar-refractivity contribution in [3.63, 3.8) is 0 Å². The molecule has 100 valence electrons. The molecule has 1 fully saturated rings. The number of nitriles is 1. The molecule has 1 aliphatic heterocycles. The van der Waals surface area contributed by atoms with Crippen molar-refractivity contribution in [1.82, 2.24) is 4.90 Å². The minimum absolute atomic E-state index is 0.0557. The van der Waals surface area contributed by atoms with Crippen LogP contribution in [0.4, 0.5) is 0 Å². The molecule has 1 saturated heterocycles. The van der Waals surface area contributed by atoms with Gasteiger partial charge in [0.2, 0.25) is 0 Å². The van der Waals surface area contributed by atoms with Crippen molar-refractivity contribution >= 4 is 33.6 Å². The van der Waals surface area contributed by atoms with Crippen LogP contribution in [-0.2, 0) is 0 Å². The van der Waals surface area contributed by atoms with Gasteiger partial charge in [-0.05, 0) is 43.4 Å². The Bertz CT molecular complexity index is 501. The van der Waals surface area contributed by atoms with Crippen LogP contribution in [0.2, 0.25) is 0 Å². The summed E-state index contributed by atoms with van der Waals surface area (Å²) in [5, 5.41) is 9.23. The fourth-order valence-corrected chi connectivity index (χ4v) is 3.15. The number of halogens is 1. The zero-order valence-electron chi connectivity index (χ0n) is 10.7. The van der Waals surface area contributed by atoms with Crippen LogP contribution in [0, 0.1) is 11.3 Å². The number of carbonyl (C=O) groups is 1. The Morgan fingerprint density at radius 2 is 1.95 bits per heavy atom. The Morgan fingerprint density at radius 3 is 2.42 bits per heavy atom. The first-order valence-corrected chi connectivity index (χ1v) is 8.13. The molecule has 1 heterocycles. The summed E-state index contributed by atoms with van der Waals surface area (Å²) in [5.41, 5.74) is 0.705. The van der Waals surface area contributed by atoms with Crippen molar-refractivity contribution < 1.29 is 4.79 Å². The van der Waals surface area contributed by atoms with Crippen LogP contribution in [0.25, 0.3) is 0 Å². The molecule has 0 bridgehead atoms. The van der Waals surface area contributed by atoms with Gasteiger partial charge >= 0.3 is 0 Å². The van der Waals surface area contributed by atoms with E-state index in [1.807, 2.05) is 35.4 Å². The molecule has 2 rings (SSSR count). The van der Waals surface area contributed by atoms with Crippen molar-refractivity contribution in [1.29, 1.82) is 5.26 Å². The molecule has 0 aromatic heterocycles. The lowest BCUT2D eigenvalue weighted by molar-refractivity contribution is 0.0716. The first-order chi connectivity index (χ1) is 9.10.